The SMILES string of the molecule is O=C(CNC(=O)c1ccccc1)NCC#CCN1CCc2ccccc2C1. The largest absolute Gasteiger partial charge is 0.344 e. The number of nitrogens with one attached hydrogen (secondary N) is 2. The number of carbonyl (C=O) groups excluding carboxylic acids is 2. The summed E-state index contributed by atoms with van der Waals surface area (Å²) in [5, 5.41) is 5.29. The maximum atomic E-state index is 11.9. The summed E-state index contributed by atoms with van der Waals surface area (Å²) in [6.07, 6.45) is 1.05. The van der Waals surface area contributed by atoms with E-state index in [0.717, 1.165) is 19.5 Å². The smallest absolute Gasteiger partial charge is 0.251 e. The van der Waals surface area contributed by atoms with Crippen LogP contribution in [-0.2, 0) is 17.8 Å². The van der Waals surface area contributed by atoms with E-state index in [9.17, 15) is 9.59 Å². The number of hydrogen-bond acceptors (Lipinski definition) is 3. The monoisotopic (exact) mass is 361 g/mol. The molecule has 2 aromatic carbocycles. The van der Waals surface area contributed by atoms with Crippen molar-refractivity contribution in [2.75, 3.05) is 26.2 Å². The third-order valence-electron chi connectivity index (χ3n) is 4.46. The van der Waals surface area contributed by atoms with Crippen LogP contribution >= 0.6 is 0 Å². The van der Waals surface area contributed by atoms with Crippen molar-refractivity contribution in [3.8, 4) is 11.8 Å². The first kappa shape index (κ1) is 18.7. The molecule has 0 atom stereocenters. The van der Waals surface area contributed by atoms with Crippen LogP contribution in [-0.4, -0.2) is 42.9 Å². The van der Waals surface area contributed by atoms with Gasteiger partial charge in [0.1, 0.15) is 0 Å². The number of carbonyl (C=O) groups is 2. The summed E-state index contributed by atoms with van der Waals surface area (Å²) in [4.78, 5) is 25.9. The number of rotatable bonds is 5. The van der Waals surface area contributed by atoms with E-state index in [1.807, 2.05) is 6.07 Å². The van der Waals surface area contributed by atoms with Gasteiger partial charge in [0.15, 0.2) is 0 Å². The molecule has 2 amide bonds. The summed E-state index contributed by atoms with van der Waals surface area (Å²) in [6, 6.07) is 17.3. The van der Waals surface area contributed by atoms with Gasteiger partial charge in [0, 0.05) is 18.7 Å². The van der Waals surface area contributed by atoms with E-state index in [2.05, 4.69) is 51.6 Å². The highest BCUT2D eigenvalue weighted by Gasteiger charge is 2.14. The van der Waals surface area contributed by atoms with Crippen molar-refractivity contribution >= 4 is 11.8 Å². The zero-order valence-electron chi connectivity index (χ0n) is 15.2. The van der Waals surface area contributed by atoms with Crippen molar-refractivity contribution in [2.24, 2.45) is 0 Å². The van der Waals surface area contributed by atoms with Gasteiger partial charge >= 0.3 is 0 Å². The van der Waals surface area contributed by atoms with Crippen LogP contribution in [0.25, 0.3) is 0 Å². The Kier molecular flexibility index (Phi) is 6.61. The first-order valence-electron chi connectivity index (χ1n) is 9.07. The number of fused-ring (bicyclic) bond motifs is 1. The molecule has 2 aromatic rings. The van der Waals surface area contributed by atoms with Crippen LogP contribution < -0.4 is 10.6 Å². The number of nitrogens with zero attached hydrogens (tertiary/aromatic N) is 1. The Balaban J connectivity index is 1.33. The van der Waals surface area contributed by atoms with Crippen molar-refractivity contribution in [1.82, 2.24) is 15.5 Å². The minimum absolute atomic E-state index is 0.0572. The van der Waals surface area contributed by atoms with Crippen LogP contribution in [0.5, 0.6) is 0 Å². The Morgan fingerprint density at radius 2 is 1.67 bits per heavy atom. The Morgan fingerprint density at radius 3 is 2.48 bits per heavy atom. The summed E-state index contributed by atoms with van der Waals surface area (Å²) in [5.41, 5.74) is 3.33. The molecule has 1 aliphatic rings. The summed E-state index contributed by atoms with van der Waals surface area (Å²) in [6.45, 7) is 2.84. The van der Waals surface area contributed by atoms with Gasteiger partial charge in [-0.05, 0) is 29.7 Å². The molecular weight excluding hydrogens is 338 g/mol. The molecule has 0 saturated heterocycles. The molecule has 0 saturated carbocycles. The lowest BCUT2D eigenvalue weighted by atomic mass is 10.0. The number of benzene rings is 2. The maximum Gasteiger partial charge on any atom is 0.251 e. The molecule has 0 unspecified atom stereocenters. The normalized spacial score (nSPS) is 13.0. The maximum absolute atomic E-state index is 11.9. The third kappa shape index (κ3) is 5.70. The first-order valence-corrected chi connectivity index (χ1v) is 9.07. The topological polar surface area (TPSA) is 61.4 Å². The summed E-state index contributed by atoms with van der Waals surface area (Å²) < 4.78 is 0. The Morgan fingerprint density at radius 1 is 0.926 bits per heavy atom. The van der Waals surface area contributed by atoms with Gasteiger partial charge in [0.2, 0.25) is 5.91 Å². The minimum Gasteiger partial charge on any atom is -0.344 e. The van der Waals surface area contributed by atoms with Gasteiger partial charge in [0.25, 0.3) is 5.91 Å². The van der Waals surface area contributed by atoms with E-state index in [1.165, 1.54) is 11.1 Å². The van der Waals surface area contributed by atoms with Crippen LogP contribution in [0.2, 0.25) is 0 Å². The average molecular weight is 361 g/mol. The molecule has 0 aromatic heterocycles. The lowest BCUT2D eigenvalue weighted by molar-refractivity contribution is -0.119. The van der Waals surface area contributed by atoms with Crippen LogP contribution in [0.4, 0.5) is 0 Å². The Bertz CT molecular complexity index is 853. The van der Waals surface area contributed by atoms with Gasteiger partial charge in [-0.25, -0.2) is 0 Å². The zero-order chi connectivity index (χ0) is 18.9. The van der Waals surface area contributed by atoms with Crippen LogP contribution in [0.3, 0.4) is 0 Å². The van der Waals surface area contributed by atoms with Crippen molar-refractivity contribution in [3.05, 3.63) is 71.3 Å². The predicted molar refractivity (Wildman–Crippen MR) is 105 cm³/mol. The fourth-order valence-corrected chi connectivity index (χ4v) is 2.98. The first-order chi connectivity index (χ1) is 13.2. The van der Waals surface area contributed by atoms with Crippen LogP contribution in [0.1, 0.15) is 21.5 Å². The van der Waals surface area contributed by atoms with E-state index in [0.29, 0.717) is 12.1 Å². The fourth-order valence-electron chi connectivity index (χ4n) is 2.98. The van der Waals surface area contributed by atoms with Crippen LogP contribution in [0.15, 0.2) is 54.6 Å². The molecule has 0 fully saturated rings. The highest BCUT2D eigenvalue weighted by Crippen LogP contribution is 2.17. The standard InChI is InChI=1S/C22H23N3O2/c26-21(16-24-22(27)19-9-2-1-3-10-19)23-13-6-7-14-25-15-12-18-8-4-5-11-20(18)17-25/h1-5,8-11H,12-17H2,(H,23,26)(H,24,27). The van der Waals surface area contributed by atoms with Crippen molar-refractivity contribution in [3.63, 3.8) is 0 Å². The lowest BCUT2D eigenvalue weighted by Crippen LogP contribution is -2.37. The summed E-state index contributed by atoms with van der Waals surface area (Å²) in [5.74, 6) is 5.57. The van der Waals surface area contributed by atoms with Crippen molar-refractivity contribution in [2.45, 2.75) is 13.0 Å². The molecule has 0 radical (unpaired) electrons. The van der Waals surface area contributed by atoms with Crippen LogP contribution in [0, 0.1) is 11.8 Å². The molecule has 1 aliphatic heterocycles. The summed E-state index contributed by atoms with van der Waals surface area (Å²) >= 11 is 0. The Labute approximate surface area is 159 Å². The van der Waals surface area contributed by atoms with Gasteiger partial charge in [-0.3, -0.25) is 14.5 Å². The molecule has 1 heterocycles. The van der Waals surface area contributed by atoms with E-state index < -0.39 is 0 Å². The van der Waals surface area contributed by atoms with E-state index in [1.54, 1.807) is 24.3 Å². The molecule has 2 N–H and O–H groups in total. The molecule has 5 nitrogen and oxygen atoms in total. The molecule has 0 spiro atoms. The van der Waals surface area contributed by atoms with E-state index in [4.69, 9.17) is 0 Å². The van der Waals surface area contributed by atoms with Crippen molar-refractivity contribution in [1.29, 1.82) is 0 Å². The molecule has 5 heteroatoms. The van der Waals surface area contributed by atoms with Gasteiger partial charge < -0.3 is 10.6 Å². The molecular formula is C22H23N3O2. The molecule has 0 aliphatic carbocycles. The summed E-state index contributed by atoms with van der Waals surface area (Å²) in [7, 11) is 0. The Hall–Kier alpha value is -3.10. The second-order valence-electron chi connectivity index (χ2n) is 6.41. The molecule has 27 heavy (non-hydrogen) atoms. The quantitative estimate of drug-likeness (QED) is 0.795. The minimum atomic E-state index is -0.262. The predicted octanol–water partition coefficient (Wildman–Crippen LogP) is 1.59. The molecule has 138 valence electrons. The average Bonchev–Trinajstić information content (AvgIpc) is 2.72. The molecule has 3 rings (SSSR count). The molecule has 0 bridgehead atoms. The van der Waals surface area contributed by atoms with E-state index >= 15 is 0 Å². The highest BCUT2D eigenvalue weighted by molar-refractivity contribution is 5.96. The van der Waals surface area contributed by atoms with E-state index in [-0.39, 0.29) is 24.9 Å². The number of hydrogen-bond donors (Lipinski definition) is 2. The second kappa shape index (κ2) is 9.56. The zero-order valence-corrected chi connectivity index (χ0v) is 15.2. The van der Waals surface area contributed by atoms with Gasteiger partial charge in [-0.2, -0.15) is 0 Å². The van der Waals surface area contributed by atoms with Gasteiger partial charge in [0.05, 0.1) is 19.6 Å². The third-order valence-corrected chi connectivity index (χ3v) is 4.46. The number of amides is 2. The van der Waals surface area contributed by atoms with Crippen molar-refractivity contribution < 1.29 is 9.59 Å². The second-order valence-corrected chi connectivity index (χ2v) is 6.41. The fraction of sp³-hybridized carbons (Fsp3) is 0.273. The van der Waals surface area contributed by atoms with Gasteiger partial charge in [-0.15, -0.1) is 0 Å². The lowest BCUT2D eigenvalue weighted by Gasteiger charge is -2.26. The highest BCUT2D eigenvalue weighted by atomic mass is 16.2. The van der Waals surface area contributed by atoms with Gasteiger partial charge in [-0.1, -0.05) is 54.3 Å².